The molecule has 3 aromatic rings. The van der Waals surface area contributed by atoms with E-state index in [2.05, 4.69) is 15.2 Å². The summed E-state index contributed by atoms with van der Waals surface area (Å²) in [5.41, 5.74) is 1.21. The number of halogens is 1. The second kappa shape index (κ2) is 10.2. The van der Waals surface area contributed by atoms with Crippen LogP contribution in [0.2, 0.25) is 0 Å². The van der Waals surface area contributed by atoms with Crippen LogP contribution in [0.25, 0.3) is 10.9 Å². The fraction of sp³-hybridized carbons (Fsp3) is 0.385. The van der Waals surface area contributed by atoms with Gasteiger partial charge in [0.2, 0.25) is 11.8 Å². The Morgan fingerprint density at radius 1 is 1.17 bits per heavy atom. The SMILES string of the molecule is Cc1nc2cccc(OCc3ccc(CN4CCOCC4)cc3F)c2c(=O)n1C1CCC(=O)NC1=O. The van der Waals surface area contributed by atoms with Gasteiger partial charge < -0.3 is 9.47 Å². The second-order valence-corrected chi connectivity index (χ2v) is 9.05. The van der Waals surface area contributed by atoms with E-state index in [1.54, 1.807) is 31.2 Å². The van der Waals surface area contributed by atoms with E-state index in [9.17, 15) is 18.8 Å². The Balaban J connectivity index is 1.39. The van der Waals surface area contributed by atoms with Crippen molar-refractivity contribution < 1.29 is 23.5 Å². The number of nitrogens with one attached hydrogen (secondary N) is 1. The number of piperidine rings is 1. The van der Waals surface area contributed by atoms with Crippen LogP contribution in [0.1, 0.15) is 35.8 Å². The number of carbonyl (C=O) groups excluding carboxylic acids is 2. The monoisotopic (exact) mass is 494 g/mol. The molecule has 3 heterocycles. The minimum absolute atomic E-state index is 0.0749. The van der Waals surface area contributed by atoms with E-state index in [-0.39, 0.29) is 42.3 Å². The number of morpholine rings is 1. The van der Waals surface area contributed by atoms with E-state index < -0.39 is 17.5 Å². The fourth-order valence-corrected chi connectivity index (χ4v) is 4.72. The first-order chi connectivity index (χ1) is 17.4. The lowest BCUT2D eigenvalue weighted by atomic mass is 10.1. The Morgan fingerprint density at radius 3 is 2.72 bits per heavy atom. The first-order valence-electron chi connectivity index (χ1n) is 12.0. The summed E-state index contributed by atoms with van der Waals surface area (Å²) in [4.78, 5) is 44.2. The van der Waals surface area contributed by atoms with Gasteiger partial charge in [-0.25, -0.2) is 9.37 Å². The Labute approximate surface area is 206 Å². The van der Waals surface area contributed by atoms with Crippen LogP contribution in [0, 0.1) is 12.7 Å². The second-order valence-electron chi connectivity index (χ2n) is 9.05. The summed E-state index contributed by atoms with van der Waals surface area (Å²) < 4.78 is 27.4. The fourth-order valence-electron chi connectivity index (χ4n) is 4.72. The number of aryl methyl sites for hydroxylation is 1. The van der Waals surface area contributed by atoms with E-state index in [4.69, 9.17) is 9.47 Å². The lowest BCUT2D eigenvalue weighted by Gasteiger charge is -2.26. The number of fused-ring (bicyclic) bond motifs is 1. The number of benzene rings is 2. The molecule has 2 saturated heterocycles. The molecular formula is C26H27FN4O5. The molecule has 0 spiro atoms. The molecule has 2 fully saturated rings. The molecular weight excluding hydrogens is 467 g/mol. The van der Waals surface area contributed by atoms with Gasteiger partial charge in [-0.1, -0.05) is 18.2 Å². The van der Waals surface area contributed by atoms with Crippen molar-refractivity contribution in [2.75, 3.05) is 26.3 Å². The topological polar surface area (TPSA) is 103 Å². The summed E-state index contributed by atoms with van der Waals surface area (Å²) in [6, 6.07) is 9.27. The highest BCUT2D eigenvalue weighted by Crippen LogP contribution is 2.26. The van der Waals surface area contributed by atoms with E-state index in [0.29, 0.717) is 36.7 Å². The molecule has 1 unspecified atom stereocenters. The third-order valence-electron chi connectivity index (χ3n) is 6.60. The maximum Gasteiger partial charge on any atom is 0.265 e. The summed E-state index contributed by atoms with van der Waals surface area (Å²) >= 11 is 0. The molecule has 5 rings (SSSR count). The molecule has 1 atom stereocenters. The Hall–Kier alpha value is -3.63. The number of hydrogen-bond donors (Lipinski definition) is 1. The molecule has 2 amide bonds. The molecule has 36 heavy (non-hydrogen) atoms. The zero-order valence-electron chi connectivity index (χ0n) is 20.0. The molecule has 1 N–H and O–H groups in total. The number of hydrogen-bond acceptors (Lipinski definition) is 7. The van der Waals surface area contributed by atoms with Gasteiger partial charge >= 0.3 is 0 Å². The third-order valence-corrected chi connectivity index (χ3v) is 6.60. The number of carbonyl (C=O) groups is 2. The molecule has 0 bridgehead atoms. The van der Waals surface area contributed by atoms with Gasteiger partial charge in [-0.15, -0.1) is 0 Å². The molecule has 2 aliphatic heterocycles. The predicted molar refractivity (Wildman–Crippen MR) is 129 cm³/mol. The van der Waals surface area contributed by atoms with Gasteiger partial charge in [-0.05, 0) is 37.1 Å². The molecule has 0 aliphatic carbocycles. The van der Waals surface area contributed by atoms with Crippen molar-refractivity contribution in [1.82, 2.24) is 19.8 Å². The first-order valence-corrected chi connectivity index (χ1v) is 12.0. The average Bonchev–Trinajstić information content (AvgIpc) is 2.85. The number of ether oxygens (including phenoxy) is 2. The summed E-state index contributed by atoms with van der Waals surface area (Å²) in [6.45, 7) is 5.21. The highest BCUT2D eigenvalue weighted by atomic mass is 19.1. The van der Waals surface area contributed by atoms with Gasteiger partial charge in [0.05, 0.1) is 18.7 Å². The molecule has 9 nitrogen and oxygen atoms in total. The Bertz CT molecular complexity index is 1380. The zero-order chi connectivity index (χ0) is 25.2. The summed E-state index contributed by atoms with van der Waals surface area (Å²) in [7, 11) is 0. The summed E-state index contributed by atoms with van der Waals surface area (Å²) in [5, 5.41) is 2.49. The normalized spacial score (nSPS) is 18.9. The maximum atomic E-state index is 14.9. The van der Waals surface area contributed by atoms with Crippen molar-refractivity contribution in [3.05, 3.63) is 69.5 Å². The molecule has 0 radical (unpaired) electrons. The van der Waals surface area contributed by atoms with Crippen molar-refractivity contribution in [1.29, 1.82) is 0 Å². The molecule has 2 aromatic carbocycles. The van der Waals surface area contributed by atoms with Crippen LogP contribution in [-0.2, 0) is 27.5 Å². The van der Waals surface area contributed by atoms with Crippen LogP contribution in [-0.4, -0.2) is 52.6 Å². The number of amides is 2. The zero-order valence-corrected chi connectivity index (χ0v) is 20.0. The van der Waals surface area contributed by atoms with Crippen LogP contribution >= 0.6 is 0 Å². The van der Waals surface area contributed by atoms with Crippen molar-refractivity contribution in [3.63, 3.8) is 0 Å². The van der Waals surface area contributed by atoms with Gasteiger partial charge in [0.15, 0.2) is 0 Å². The van der Waals surface area contributed by atoms with Gasteiger partial charge in [0, 0.05) is 31.6 Å². The van der Waals surface area contributed by atoms with Crippen LogP contribution in [0.3, 0.4) is 0 Å². The molecule has 10 heteroatoms. The predicted octanol–water partition coefficient (Wildman–Crippen LogP) is 2.23. The molecule has 1 aromatic heterocycles. The lowest BCUT2D eigenvalue weighted by Crippen LogP contribution is -2.45. The summed E-state index contributed by atoms with van der Waals surface area (Å²) in [6.07, 6.45) is 0.350. The smallest absolute Gasteiger partial charge is 0.265 e. The van der Waals surface area contributed by atoms with Gasteiger partial charge in [-0.2, -0.15) is 0 Å². The number of aromatic nitrogens is 2. The van der Waals surface area contributed by atoms with E-state index in [1.807, 2.05) is 6.07 Å². The van der Waals surface area contributed by atoms with Crippen molar-refractivity contribution >= 4 is 22.7 Å². The van der Waals surface area contributed by atoms with Crippen LogP contribution < -0.4 is 15.6 Å². The minimum atomic E-state index is -0.836. The Kier molecular flexibility index (Phi) is 6.80. The largest absolute Gasteiger partial charge is 0.488 e. The minimum Gasteiger partial charge on any atom is -0.488 e. The quantitative estimate of drug-likeness (QED) is 0.525. The number of imide groups is 1. The number of nitrogens with zero attached hydrogens (tertiary/aromatic N) is 3. The van der Waals surface area contributed by atoms with Crippen LogP contribution in [0.15, 0.2) is 41.2 Å². The van der Waals surface area contributed by atoms with Gasteiger partial charge in [0.1, 0.15) is 35.4 Å². The van der Waals surface area contributed by atoms with Crippen molar-refractivity contribution in [2.45, 2.75) is 39.0 Å². The molecule has 0 saturated carbocycles. The standard InChI is InChI=1S/C26H27FN4O5/c1-16-28-20-3-2-4-22(24(20)26(34)31(16)21-7-8-23(32)29-25(21)33)36-15-18-6-5-17(13-19(18)27)14-30-9-11-35-12-10-30/h2-6,13,21H,7-12,14-15H2,1H3,(H,29,32,33). The highest BCUT2D eigenvalue weighted by Gasteiger charge is 2.31. The van der Waals surface area contributed by atoms with E-state index in [0.717, 1.165) is 18.7 Å². The van der Waals surface area contributed by atoms with E-state index >= 15 is 0 Å². The lowest BCUT2D eigenvalue weighted by molar-refractivity contribution is -0.135. The van der Waals surface area contributed by atoms with Gasteiger partial charge in [-0.3, -0.25) is 29.2 Å². The maximum absolute atomic E-state index is 14.9. The first kappa shape index (κ1) is 24.1. The number of rotatable bonds is 6. The summed E-state index contributed by atoms with van der Waals surface area (Å²) in [5.74, 6) is -0.659. The van der Waals surface area contributed by atoms with Crippen LogP contribution in [0.4, 0.5) is 4.39 Å². The molecule has 2 aliphatic rings. The van der Waals surface area contributed by atoms with Crippen molar-refractivity contribution in [3.8, 4) is 5.75 Å². The van der Waals surface area contributed by atoms with Crippen LogP contribution in [0.5, 0.6) is 5.75 Å². The average molecular weight is 495 g/mol. The highest BCUT2D eigenvalue weighted by molar-refractivity contribution is 5.99. The van der Waals surface area contributed by atoms with Gasteiger partial charge in [0.25, 0.3) is 5.56 Å². The Morgan fingerprint density at radius 2 is 1.97 bits per heavy atom. The van der Waals surface area contributed by atoms with Crippen molar-refractivity contribution in [2.24, 2.45) is 0 Å². The molecule has 188 valence electrons. The third kappa shape index (κ3) is 4.87. The van der Waals surface area contributed by atoms with E-state index in [1.165, 1.54) is 10.6 Å².